The maximum absolute atomic E-state index is 4.28. The second kappa shape index (κ2) is 8.28. The van der Waals surface area contributed by atoms with E-state index in [1.165, 1.54) is 37.0 Å². The fraction of sp³-hybridized carbons (Fsp3) is 0.667. The Kier molecular flexibility index (Phi) is 6.68. The Labute approximate surface area is 129 Å². The van der Waals surface area contributed by atoms with E-state index < -0.39 is 0 Å². The summed E-state index contributed by atoms with van der Waals surface area (Å²) >= 11 is 5.66. The molecule has 106 valence electrons. The molecule has 1 fully saturated rings. The Bertz CT molecular complexity index is 380. The molecule has 0 aliphatic carbocycles. The minimum atomic E-state index is 0.585. The van der Waals surface area contributed by atoms with Crippen LogP contribution >= 0.6 is 27.7 Å². The van der Waals surface area contributed by atoms with Gasteiger partial charge >= 0.3 is 0 Å². The monoisotopic (exact) mass is 342 g/mol. The molecule has 1 aromatic rings. The predicted molar refractivity (Wildman–Crippen MR) is 87.8 cm³/mol. The molecule has 2 atom stereocenters. The van der Waals surface area contributed by atoms with Gasteiger partial charge in [0, 0.05) is 28.2 Å². The zero-order valence-corrected chi connectivity index (χ0v) is 14.0. The highest BCUT2D eigenvalue weighted by atomic mass is 79.9. The van der Waals surface area contributed by atoms with E-state index in [1.54, 1.807) is 0 Å². The summed E-state index contributed by atoms with van der Waals surface area (Å²) in [6.45, 7) is 3.35. The first-order chi connectivity index (χ1) is 9.29. The minimum Gasteiger partial charge on any atom is -0.313 e. The van der Waals surface area contributed by atoms with Crippen LogP contribution in [0.3, 0.4) is 0 Å². The SMILES string of the molecule is CCCNC(Cc1cncc(Br)c1)C1CCCCS1. The van der Waals surface area contributed by atoms with E-state index in [9.17, 15) is 0 Å². The van der Waals surface area contributed by atoms with Gasteiger partial charge in [0.15, 0.2) is 0 Å². The average Bonchev–Trinajstić information content (AvgIpc) is 2.44. The number of nitrogens with one attached hydrogen (secondary N) is 1. The van der Waals surface area contributed by atoms with Crippen LogP contribution < -0.4 is 5.32 Å². The highest BCUT2D eigenvalue weighted by Crippen LogP contribution is 2.29. The first kappa shape index (κ1) is 15.3. The van der Waals surface area contributed by atoms with E-state index in [4.69, 9.17) is 0 Å². The lowest BCUT2D eigenvalue weighted by molar-refractivity contribution is 0.461. The molecule has 2 nitrogen and oxygen atoms in total. The van der Waals surface area contributed by atoms with Crippen molar-refractivity contribution in [1.29, 1.82) is 0 Å². The summed E-state index contributed by atoms with van der Waals surface area (Å²) in [7, 11) is 0. The van der Waals surface area contributed by atoms with Gasteiger partial charge in [-0.2, -0.15) is 11.8 Å². The predicted octanol–water partition coefficient (Wildman–Crippen LogP) is 4.04. The van der Waals surface area contributed by atoms with Crippen LogP contribution in [0.1, 0.15) is 38.2 Å². The Morgan fingerprint density at radius 1 is 1.47 bits per heavy atom. The molecule has 1 saturated heterocycles. The molecule has 0 radical (unpaired) electrons. The van der Waals surface area contributed by atoms with Crippen LogP contribution in [0.5, 0.6) is 0 Å². The Balaban J connectivity index is 1.99. The molecule has 0 aromatic carbocycles. The zero-order valence-electron chi connectivity index (χ0n) is 11.6. The third kappa shape index (κ3) is 5.09. The van der Waals surface area contributed by atoms with E-state index in [-0.39, 0.29) is 0 Å². The molecule has 0 bridgehead atoms. The van der Waals surface area contributed by atoms with Crippen molar-refractivity contribution in [3.63, 3.8) is 0 Å². The van der Waals surface area contributed by atoms with Gasteiger partial charge < -0.3 is 5.32 Å². The highest BCUT2D eigenvalue weighted by molar-refractivity contribution is 9.10. The summed E-state index contributed by atoms with van der Waals surface area (Å²) in [6.07, 6.45) is 10.3. The van der Waals surface area contributed by atoms with Crippen LogP contribution in [-0.2, 0) is 6.42 Å². The lowest BCUT2D eigenvalue weighted by Crippen LogP contribution is -2.41. The van der Waals surface area contributed by atoms with Gasteiger partial charge in [-0.05, 0) is 65.5 Å². The summed E-state index contributed by atoms with van der Waals surface area (Å²) < 4.78 is 1.08. The summed E-state index contributed by atoms with van der Waals surface area (Å²) in [4.78, 5) is 4.28. The zero-order chi connectivity index (χ0) is 13.5. The molecular weight excluding hydrogens is 320 g/mol. The van der Waals surface area contributed by atoms with E-state index in [0.717, 1.165) is 22.7 Å². The molecule has 1 aliphatic rings. The number of thioether (sulfide) groups is 1. The molecule has 1 N–H and O–H groups in total. The standard InChI is InChI=1S/C15H23BrN2S/c1-2-6-18-14(15-5-3-4-7-19-15)9-12-8-13(16)11-17-10-12/h8,10-11,14-15,18H,2-7,9H2,1H3. The summed E-state index contributed by atoms with van der Waals surface area (Å²) in [5.41, 5.74) is 1.33. The Hall–Kier alpha value is -0.0600. The molecule has 0 spiro atoms. The lowest BCUT2D eigenvalue weighted by Gasteiger charge is -2.30. The smallest absolute Gasteiger partial charge is 0.0410 e. The van der Waals surface area contributed by atoms with E-state index in [1.807, 2.05) is 12.4 Å². The number of rotatable bonds is 6. The summed E-state index contributed by atoms with van der Waals surface area (Å²) in [6, 6.07) is 2.78. The molecule has 2 heterocycles. The average molecular weight is 343 g/mol. The van der Waals surface area contributed by atoms with Crippen LogP contribution in [-0.4, -0.2) is 28.6 Å². The Morgan fingerprint density at radius 3 is 3.05 bits per heavy atom. The van der Waals surface area contributed by atoms with Crippen molar-refractivity contribution in [2.24, 2.45) is 0 Å². The van der Waals surface area contributed by atoms with Gasteiger partial charge in [0.05, 0.1) is 0 Å². The van der Waals surface area contributed by atoms with Crippen molar-refractivity contribution in [3.05, 3.63) is 28.5 Å². The van der Waals surface area contributed by atoms with Crippen molar-refractivity contribution in [2.75, 3.05) is 12.3 Å². The van der Waals surface area contributed by atoms with Gasteiger partial charge in [-0.25, -0.2) is 0 Å². The molecule has 1 aromatic heterocycles. The van der Waals surface area contributed by atoms with Gasteiger partial charge in [-0.15, -0.1) is 0 Å². The van der Waals surface area contributed by atoms with Crippen molar-refractivity contribution < 1.29 is 0 Å². The number of pyridine rings is 1. The first-order valence-electron chi connectivity index (χ1n) is 7.24. The van der Waals surface area contributed by atoms with Crippen LogP contribution in [0, 0.1) is 0 Å². The van der Waals surface area contributed by atoms with E-state index >= 15 is 0 Å². The van der Waals surface area contributed by atoms with Crippen molar-refractivity contribution in [1.82, 2.24) is 10.3 Å². The maximum atomic E-state index is 4.28. The first-order valence-corrected chi connectivity index (χ1v) is 9.08. The summed E-state index contributed by atoms with van der Waals surface area (Å²) in [5.74, 6) is 1.33. The number of aromatic nitrogens is 1. The summed E-state index contributed by atoms with van der Waals surface area (Å²) in [5, 5.41) is 4.51. The molecular formula is C15H23BrN2S. The van der Waals surface area contributed by atoms with Crippen molar-refractivity contribution in [2.45, 2.75) is 50.3 Å². The molecule has 2 rings (SSSR count). The van der Waals surface area contributed by atoms with Gasteiger partial charge in [-0.3, -0.25) is 4.98 Å². The fourth-order valence-electron chi connectivity index (χ4n) is 2.57. The normalized spacial score (nSPS) is 21.3. The van der Waals surface area contributed by atoms with Gasteiger partial charge in [0.25, 0.3) is 0 Å². The Morgan fingerprint density at radius 2 is 2.37 bits per heavy atom. The number of hydrogen-bond donors (Lipinski definition) is 1. The van der Waals surface area contributed by atoms with E-state index in [0.29, 0.717) is 6.04 Å². The van der Waals surface area contributed by atoms with Crippen molar-refractivity contribution >= 4 is 27.7 Å². The number of hydrogen-bond acceptors (Lipinski definition) is 3. The number of nitrogens with zero attached hydrogens (tertiary/aromatic N) is 1. The molecule has 1 aliphatic heterocycles. The fourth-order valence-corrected chi connectivity index (χ4v) is 4.41. The second-order valence-corrected chi connectivity index (χ2v) is 7.44. The van der Waals surface area contributed by atoms with Gasteiger partial charge in [0.2, 0.25) is 0 Å². The third-order valence-electron chi connectivity index (χ3n) is 3.54. The highest BCUT2D eigenvalue weighted by Gasteiger charge is 2.24. The van der Waals surface area contributed by atoms with Crippen LogP contribution in [0.25, 0.3) is 0 Å². The lowest BCUT2D eigenvalue weighted by atomic mass is 10.0. The van der Waals surface area contributed by atoms with Crippen LogP contribution in [0.4, 0.5) is 0 Å². The topological polar surface area (TPSA) is 24.9 Å². The quantitative estimate of drug-likeness (QED) is 0.844. The maximum Gasteiger partial charge on any atom is 0.0410 e. The molecule has 4 heteroatoms. The van der Waals surface area contributed by atoms with Crippen LogP contribution in [0.15, 0.2) is 22.9 Å². The molecule has 2 unspecified atom stereocenters. The molecule has 0 saturated carbocycles. The number of halogens is 1. The largest absolute Gasteiger partial charge is 0.313 e. The third-order valence-corrected chi connectivity index (χ3v) is 5.49. The minimum absolute atomic E-state index is 0.585. The second-order valence-electron chi connectivity index (χ2n) is 5.18. The van der Waals surface area contributed by atoms with Gasteiger partial charge in [0.1, 0.15) is 0 Å². The van der Waals surface area contributed by atoms with Crippen LogP contribution in [0.2, 0.25) is 0 Å². The van der Waals surface area contributed by atoms with Gasteiger partial charge in [-0.1, -0.05) is 13.3 Å². The van der Waals surface area contributed by atoms with Crippen molar-refractivity contribution in [3.8, 4) is 0 Å². The molecule has 19 heavy (non-hydrogen) atoms. The van der Waals surface area contributed by atoms with E-state index in [2.05, 4.69) is 51.0 Å². The molecule has 0 amide bonds.